The van der Waals surface area contributed by atoms with Crippen molar-refractivity contribution in [3.63, 3.8) is 0 Å². The van der Waals surface area contributed by atoms with E-state index in [1.165, 1.54) is 0 Å². The van der Waals surface area contributed by atoms with Crippen LogP contribution in [0.4, 0.5) is 0 Å². The van der Waals surface area contributed by atoms with E-state index in [1.54, 1.807) is 0 Å². The summed E-state index contributed by atoms with van der Waals surface area (Å²) in [4.78, 5) is 0. The molecule has 0 aromatic carbocycles. The Bertz CT molecular complexity index is 166. The largest absolute Gasteiger partial charge is 0.314 e. The van der Waals surface area contributed by atoms with Crippen molar-refractivity contribution < 1.29 is 0 Å². The van der Waals surface area contributed by atoms with Crippen molar-refractivity contribution in [1.29, 1.82) is 0 Å². The Morgan fingerprint density at radius 3 is 1.06 bits per heavy atom. The summed E-state index contributed by atoms with van der Waals surface area (Å²) in [5.74, 6) is 0. The number of rotatable bonds is 0. The van der Waals surface area contributed by atoms with Crippen LogP contribution in [0.3, 0.4) is 0 Å². The van der Waals surface area contributed by atoms with E-state index in [-0.39, 0.29) is 0 Å². The molecular weight excluding hydrogens is 214 g/mol. The Balaban J connectivity index is 2.07. The molecule has 0 fully saturated rings. The zero-order valence-corrected chi connectivity index (χ0v) is 10.7. The first-order valence-corrected chi connectivity index (χ1v) is 6.69. The Hall–Kier alpha value is -0.460. The van der Waals surface area contributed by atoms with Gasteiger partial charge in [0.25, 0.3) is 0 Å². The van der Waals surface area contributed by atoms with Crippen LogP contribution < -0.4 is 26.6 Å². The molecule has 100 valence electrons. The van der Waals surface area contributed by atoms with Crippen LogP contribution in [0.5, 0.6) is 0 Å². The number of nitrogens with one attached hydrogen (secondary N) is 5. The SMILES string of the molecule is C1=CCNCCNCCNCCNCCNC1. The third kappa shape index (κ3) is 10.4. The van der Waals surface area contributed by atoms with Crippen molar-refractivity contribution in [2.24, 2.45) is 0 Å². The molecule has 0 aliphatic carbocycles. The molecule has 0 atom stereocenters. The summed E-state index contributed by atoms with van der Waals surface area (Å²) in [6.45, 7) is 10.2. The number of hydrogen-bond acceptors (Lipinski definition) is 5. The first-order valence-electron chi connectivity index (χ1n) is 6.69. The van der Waals surface area contributed by atoms with Crippen molar-refractivity contribution in [3.8, 4) is 0 Å². The van der Waals surface area contributed by atoms with E-state index in [0.29, 0.717) is 0 Å². The molecule has 1 rings (SSSR count). The van der Waals surface area contributed by atoms with E-state index in [4.69, 9.17) is 0 Å². The average Bonchev–Trinajstić information content (AvgIpc) is 2.35. The third-order valence-electron chi connectivity index (χ3n) is 2.61. The van der Waals surface area contributed by atoms with Gasteiger partial charge in [0.15, 0.2) is 0 Å². The van der Waals surface area contributed by atoms with E-state index >= 15 is 0 Å². The fourth-order valence-electron chi connectivity index (χ4n) is 1.62. The summed E-state index contributed by atoms with van der Waals surface area (Å²) in [6, 6.07) is 0. The highest BCUT2D eigenvalue weighted by molar-refractivity contribution is 4.85. The van der Waals surface area contributed by atoms with Crippen LogP contribution in [0.1, 0.15) is 0 Å². The molecule has 1 aliphatic heterocycles. The zero-order chi connectivity index (χ0) is 12.0. The molecule has 5 heteroatoms. The lowest BCUT2D eigenvalue weighted by Gasteiger charge is -2.07. The van der Waals surface area contributed by atoms with Crippen LogP contribution in [-0.4, -0.2) is 65.4 Å². The lowest BCUT2D eigenvalue weighted by atomic mass is 10.4. The summed E-state index contributed by atoms with van der Waals surface area (Å²) < 4.78 is 0. The van der Waals surface area contributed by atoms with Gasteiger partial charge in [-0.1, -0.05) is 12.2 Å². The molecule has 0 bridgehead atoms. The zero-order valence-electron chi connectivity index (χ0n) is 10.7. The fraction of sp³-hybridized carbons (Fsp3) is 0.833. The highest BCUT2D eigenvalue weighted by Gasteiger charge is 1.90. The highest BCUT2D eigenvalue weighted by Crippen LogP contribution is 1.71. The van der Waals surface area contributed by atoms with E-state index < -0.39 is 0 Å². The lowest BCUT2D eigenvalue weighted by molar-refractivity contribution is 0.568. The maximum atomic E-state index is 3.40. The molecule has 0 spiro atoms. The van der Waals surface area contributed by atoms with Crippen LogP contribution in [0.15, 0.2) is 12.2 Å². The summed E-state index contributed by atoms with van der Waals surface area (Å²) in [6.07, 6.45) is 4.36. The Morgan fingerprint density at radius 1 is 0.412 bits per heavy atom. The summed E-state index contributed by atoms with van der Waals surface area (Å²) >= 11 is 0. The summed E-state index contributed by atoms with van der Waals surface area (Å²) in [5, 5.41) is 16.9. The summed E-state index contributed by atoms with van der Waals surface area (Å²) in [7, 11) is 0. The monoisotopic (exact) mass is 241 g/mol. The van der Waals surface area contributed by atoms with Crippen molar-refractivity contribution >= 4 is 0 Å². The molecule has 0 saturated carbocycles. The first kappa shape index (κ1) is 14.6. The maximum Gasteiger partial charge on any atom is 0.0135 e. The van der Waals surface area contributed by atoms with E-state index in [9.17, 15) is 0 Å². The first-order chi connectivity index (χ1) is 8.50. The minimum atomic E-state index is 0.958. The van der Waals surface area contributed by atoms with E-state index in [2.05, 4.69) is 38.7 Å². The van der Waals surface area contributed by atoms with Gasteiger partial charge in [-0.15, -0.1) is 0 Å². The van der Waals surface area contributed by atoms with Crippen molar-refractivity contribution in [2.75, 3.05) is 65.4 Å². The third-order valence-corrected chi connectivity index (χ3v) is 2.61. The van der Waals surface area contributed by atoms with Crippen LogP contribution in [-0.2, 0) is 0 Å². The molecular formula is C12H27N5. The number of hydrogen-bond donors (Lipinski definition) is 5. The maximum absolute atomic E-state index is 3.40. The van der Waals surface area contributed by atoms with Crippen LogP contribution >= 0.6 is 0 Å². The molecule has 1 heterocycles. The van der Waals surface area contributed by atoms with Crippen molar-refractivity contribution in [3.05, 3.63) is 12.2 Å². The minimum absolute atomic E-state index is 0.958. The van der Waals surface area contributed by atoms with Crippen molar-refractivity contribution in [2.45, 2.75) is 0 Å². The van der Waals surface area contributed by atoms with E-state index in [0.717, 1.165) is 65.4 Å². The van der Waals surface area contributed by atoms with E-state index in [1.807, 2.05) is 0 Å². The summed E-state index contributed by atoms with van der Waals surface area (Å²) in [5.41, 5.74) is 0. The van der Waals surface area contributed by atoms with Gasteiger partial charge in [0.2, 0.25) is 0 Å². The van der Waals surface area contributed by atoms with Gasteiger partial charge in [-0.2, -0.15) is 0 Å². The second kappa shape index (κ2) is 12.0. The van der Waals surface area contributed by atoms with Gasteiger partial charge >= 0.3 is 0 Å². The fourth-order valence-corrected chi connectivity index (χ4v) is 1.62. The molecule has 0 saturated heterocycles. The van der Waals surface area contributed by atoms with Gasteiger partial charge in [0.05, 0.1) is 0 Å². The quantitative estimate of drug-likeness (QED) is 0.334. The Morgan fingerprint density at radius 2 is 0.706 bits per heavy atom. The molecule has 17 heavy (non-hydrogen) atoms. The Kier molecular flexibility index (Phi) is 10.3. The van der Waals surface area contributed by atoms with Gasteiger partial charge in [-0.05, 0) is 0 Å². The van der Waals surface area contributed by atoms with Gasteiger partial charge in [0, 0.05) is 65.4 Å². The predicted molar refractivity (Wildman–Crippen MR) is 73.5 cm³/mol. The van der Waals surface area contributed by atoms with Gasteiger partial charge in [0.1, 0.15) is 0 Å². The smallest absolute Gasteiger partial charge is 0.0135 e. The van der Waals surface area contributed by atoms with Gasteiger partial charge in [-0.3, -0.25) is 0 Å². The lowest BCUT2D eigenvalue weighted by Crippen LogP contribution is -2.36. The topological polar surface area (TPSA) is 60.1 Å². The highest BCUT2D eigenvalue weighted by atomic mass is 15.0. The molecule has 5 nitrogen and oxygen atoms in total. The van der Waals surface area contributed by atoms with Crippen LogP contribution in [0, 0.1) is 0 Å². The normalized spacial score (nSPS) is 23.1. The van der Waals surface area contributed by atoms with Crippen molar-refractivity contribution in [1.82, 2.24) is 26.6 Å². The second-order valence-electron chi connectivity index (χ2n) is 4.13. The van der Waals surface area contributed by atoms with Gasteiger partial charge < -0.3 is 26.6 Å². The van der Waals surface area contributed by atoms with Gasteiger partial charge in [-0.25, -0.2) is 0 Å². The molecule has 1 aliphatic rings. The molecule has 5 N–H and O–H groups in total. The Labute approximate surface area is 105 Å². The minimum Gasteiger partial charge on any atom is -0.314 e. The molecule has 0 unspecified atom stereocenters. The second-order valence-corrected chi connectivity index (χ2v) is 4.13. The average molecular weight is 241 g/mol. The molecule has 0 amide bonds. The van der Waals surface area contributed by atoms with Crippen LogP contribution in [0.25, 0.3) is 0 Å². The standard InChI is InChI=1S/C12H27N5/c1-2-4-14-6-8-16-10-12-17-11-9-15-7-5-13-3-1/h1-2,13-17H,3-12H2. The molecule has 0 radical (unpaired) electrons. The molecule has 0 aromatic heterocycles. The molecule has 0 aromatic rings. The van der Waals surface area contributed by atoms with Crippen LogP contribution in [0.2, 0.25) is 0 Å². The predicted octanol–water partition coefficient (Wildman–Crippen LogP) is -1.50.